The van der Waals surface area contributed by atoms with E-state index in [9.17, 15) is 13.2 Å². The molecule has 1 aliphatic heterocycles. The van der Waals surface area contributed by atoms with Gasteiger partial charge in [0.1, 0.15) is 12.3 Å². The highest BCUT2D eigenvalue weighted by Crippen LogP contribution is 2.44. The molecular weight excluding hydrogens is 301 g/mol. The molecular formula is C19H31F3O. The van der Waals surface area contributed by atoms with Crippen LogP contribution in [-0.2, 0) is 4.74 Å². The molecule has 0 spiro atoms. The fraction of sp³-hybridized carbons (Fsp3) is 1.00. The third-order valence-electron chi connectivity index (χ3n) is 6.71. The van der Waals surface area contributed by atoms with E-state index in [1.807, 2.05) is 0 Å². The molecule has 23 heavy (non-hydrogen) atoms. The van der Waals surface area contributed by atoms with Gasteiger partial charge >= 0.3 is 0 Å². The van der Waals surface area contributed by atoms with Gasteiger partial charge < -0.3 is 4.74 Å². The Kier molecular flexibility index (Phi) is 5.92. The van der Waals surface area contributed by atoms with Crippen molar-refractivity contribution in [2.75, 3.05) is 13.3 Å². The molecule has 2 aliphatic carbocycles. The van der Waals surface area contributed by atoms with Crippen LogP contribution in [0.3, 0.4) is 0 Å². The Morgan fingerprint density at radius 2 is 1.43 bits per heavy atom. The normalized spacial score (nSPS) is 49.0. The van der Waals surface area contributed by atoms with E-state index in [0.29, 0.717) is 36.7 Å². The number of rotatable bonds is 3. The Morgan fingerprint density at radius 3 is 1.96 bits per heavy atom. The second kappa shape index (κ2) is 7.76. The van der Waals surface area contributed by atoms with Crippen LogP contribution in [0.5, 0.6) is 0 Å². The zero-order chi connectivity index (χ0) is 16.4. The van der Waals surface area contributed by atoms with Gasteiger partial charge in [-0.2, -0.15) is 0 Å². The number of alkyl halides is 3. The number of hydrogen-bond donors (Lipinski definition) is 0. The van der Waals surface area contributed by atoms with Crippen LogP contribution in [0.15, 0.2) is 0 Å². The third kappa shape index (κ3) is 4.05. The fourth-order valence-electron chi connectivity index (χ4n) is 5.09. The van der Waals surface area contributed by atoms with E-state index in [-0.39, 0.29) is 5.92 Å². The van der Waals surface area contributed by atoms with Crippen molar-refractivity contribution in [3.8, 4) is 0 Å². The molecule has 1 saturated heterocycles. The Morgan fingerprint density at radius 1 is 0.826 bits per heavy atom. The first-order chi connectivity index (χ1) is 11.1. The minimum absolute atomic E-state index is 0.107. The van der Waals surface area contributed by atoms with Gasteiger partial charge in [0.2, 0.25) is 0 Å². The number of hydrogen-bond acceptors (Lipinski definition) is 1. The third-order valence-corrected chi connectivity index (χ3v) is 6.71. The second-order valence-electron chi connectivity index (χ2n) is 8.31. The lowest BCUT2D eigenvalue weighted by molar-refractivity contribution is -0.0602. The molecule has 0 N–H and O–H groups in total. The molecule has 0 aromatic heterocycles. The zero-order valence-electron chi connectivity index (χ0n) is 14.2. The van der Waals surface area contributed by atoms with Crippen molar-refractivity contribution in [1.29, 1.82) is 0 Å². The molecule has 3 aliphatic rings. The smallest absolute Gasteiger partial charge is 0.108 e. The van der Waals surface area contributed by atoms with Crippen LogP contribution in [0.4, 0.5) is 13.2 Å². The van der Waals surface area contributed by atoms with Crippen molar-refractivity contribution < 1.29 is 17.9 Å². The minimum atomic E-state index is -1.30. The topological polar surface area (TPSA) is 9.23 Å². The summed E-state index contributed by atoms with van der Waals surface area (Å²) in [6.45, 7) is 2.26. The lowest BCUT2D eigenvalue weighted by Crippen LogP contribution is -2.41. The quantitative estimate of drug-likeness (QED) is 0.683. The molecule has 0 amide bonds. The standard InChI is InChI=1S/C19H31F3O/c1-12-2-7-19(23-11-12)14-5-3-13(4-6-14)15-8-17(21)16(10-20)18(22)9-15/h12-19H,2-11H2,1H3. The Bertz CT molecular complexity index is 350. The van der Waals surface area contributed by atoms with E-state index in [0.717, 1.165) is 38.7 Å². The Balaban J connectivity index is 1.47. The van der Waals surface area contributed by atoms with E-state index in [1.54, 1.807) is 0 Å². The summed E-state index contributed by atoms with van der Waals surface area (Å²) in [5, 5.41) is 0. The van der Waals surface area contributed by atoms with Crippen LogP contribution in [0, 0.1) is 29.6 Å². The summed E-state index contributed by atoms with van der Waals surface area (Å²) >= 11 is 0. The largest absolute Gasteiger partial charge is 0.378 e. The fourth-order valence-corrected chi connectivity index (χ4v) is 5.09. The lowest BCUT2D eigenvalue weighted by Gasteiger charge is -2.42. The SMILES string of the molecule is CC1CCC(C2CCC(C3CC(F)C(CF)C(F)C3)CC2)OC1. The van der Waals surface area contributed by atoms with Gasteiger partial charge in [-0.05, 0) is 75.0 Å². The van der Waals surface area contributed by atoms with Crippen LogP contribution in [0.25, 0.3) is 0 Å². The van der Waals surface area contributed by atoms with E-state index < -0.39 is 24.9 Å². The van der Waals surface area contributed by atoms with Crippen LogP contribution < -0.4 is 0 Å². The molecule has 1 heterocycles. The molecule has 1 nitrogen and oxygen atoms in total. The van der Waals surface area contributed by atoms with Crippen LogP contribution in [0.2, 0.25) is 0 Å². The monoisotopic (exact) mass is 332 g/mol. The summed E-state index contributed by atoms with van der Waals surface area (Å²) < 4.78 is 46.8. The van der Waals surface area contributed by atoms with Crippen molar-refractivity contribution in [1.82, 2.24) is 0 Å². The van der Waals surface area contributed by atoms with Gasteiger partial charge in [-0.1, -0.05) is 6.92 Å². The highest BCUT2D eigenvalue weighted by atomic mass is 19.2. The number of halogens is 3. The molecule has 3 fully saturated rings. The van der Waals surface area contributed by atoms with Gasteiger partial charge in [0, 0.05) is 12.5 Å². The van der Waals surface area contributed by atoms with Gasteiger partial charge in [-0.15, -0.1) is 0 Å². The molecule has 4 atom stereocenters. The predicted octanol–water partition coefficient (Wildman–Crippen LogP) is 5.28. The van der Waals surface area contributed by atoms with Crippen molar-refractivity contribution in [2.45, 2.75) is 76.7 Å². The lowest BCUT2D eigenvalue weighted by atomic mass is 9.67. The summed E-state index contributed by atoms with van der Waals surface area (Å²) in [5.41, 5.74) is 0. The zero-order valence-corrected chi connectivity index (χ0v) is 14.2. The maximum atomic E-state index is 14.0. The molecule has 0 bridgehead atoms. The van der Waals surface area contributed by atoms with Crippen LogP contribution in [0.1, 0.15) is 58.3 Å². The molecule has 0 aromatic carbocycles. The van der Waals surface area contributed by atoms with Crippen molar-refractivity contribution in [3.63, 3.8) is 0 Å². The van der Waals surface area contributed by atoms with E-state index in [1.165, 1.54) is 6.42 Å². The van der Waals surface area contributed by atoms with Crippen LogP contribution >= 0.6 is 0 Å². The highest BCUT2D eigenvalue weighted by molar-refractivity contribution is 4.91. The first kappa shape index (κ1) is 17.6. The van der Waals surface area contributed by atoms with Crippen molar-refractivity contribution in [2.24, 2.45) is 29.6 Å². The molecule has 4 unspecified atom stereocenters. The summed E-state index contributed by atoms with van der Waals surface area (Å²) in [5.74, 6) is 0.821. The van der Waals surface area contributed by atoms with E-state index >= 15 is 0 Å². The van der Waals surface area contributed by atoms with E-state index in [4.69, 9.17) is 4.74 Å². The first-order valence-corrected chi connectivity index (χ1v) is 9.54. The van der Waals surface area contributed by atoms with Gasteiger partial charge in [-0.25, -0.2) is 8.78 Å². The molecule has 3 rings (SSSR count). The molecule has 134 valence electrons. The Hall–Kier alpha value is -0.250. The van der Waals surface area contributed by atoms with Gasteiger partial charge in [-0.3, -0.25) is 4.39 Å². The first-order valence-electron chi connectivity index (χ1n) is 9.54. The predicted molar refractivity (Wildman–Crippen MR) is 85.6 cm³/mol. The maximum Gasteiger partial charge on any atom is 0.108 e. The maximum absolute atomic E-state index is 14.0. The summed E-state index contributed by atoms with van der Waals surface area (Å²) in [4.78, 5) is 0. The molecule has 2 saturated carbocycles. The summed E-state index contributed by atoms with van der Waals surface area (Å²) in [6, 6.07) is 0. The summed E-state index contributed by atoms with van der Waals surface area (Å²) in [6.07, 6.45) is 5.32. The average Bonchev–Trinajstić information content (AvgIpc) is 2.55. The van der Waals surface area contributed by atoms with Gasteiger partial charge in [0.05, 0.1) is 12.8 Å². The molecule has 0 aromatic rings. The highest BCUT2D eigenvalue weighted by Gasteiger charge is 2.42. The van der Waals surface area contributed by atoms with Gasteiger partial charge in [0.15, 0.2) is 0 Å². The summed E-state index contributed by atoms with van der Waals surface area (Å²) in [7, 11) is 0. The van der Waals surface area contributed by atoms with Gasteiger partial charge in [0.25, 0.3) is 0 Å². The minimum Gasteiger partial charge on any atom is -0.378 e. The van der Waals surface area contributed by atoms with Crippen molar-refractivity contribution >= 4 is 0 Å². The molecule has 0 radical (unpaired) electrons. The average molecular weight is 332 g/mol. The van der Waals surface area contributed by atoms with Crippen molar-refractivity contribution in [3.05, 3.63) is 0 Å². The van der Waals surface area contributed by atoms with Crippen LogP contribution in [-0.4, -0.2) is 31.7 Å². The number of ether oxygens (including phenoxy) is 1. The Labute approximate surface area is 138 Å². The second-order valence-corrected chi connectivity index (χ2v) is 8.31. The molecule has 4 heteroatoms. The van der Waals surface area contributed by atoms with E-state index in [2.05, 4.69) is 6.92 Å².